The third kappa shape index (κ3) is 8.52. The number of carbonyl (C=O) groups is 6. The number of carboxylic acids is 2. The molecule has 0 amide bonds. The molecule has 1 aliphatic carbocycles. The van der Waals surface area contributed by atoms with Crippen molar-refractivity contribution >= 4 is 63.0 Å². The number of aliphatic carboxylic acids is 1. The van der Waals surface area contributed by atoms with Gasteiger partial charge in [-0.3, -0.25) is 14.7 Å². The Kier molecular flexibility index (Phi) is 12.8. The Bertz CT molecular complexity index is 2850. The van der Waals surface area contributed by atoms with Crippen molar-refractivity contribution in [1.29, 1.82) is 0 Å². The van der Waals surface area contributed by atoms with E-state index < -0.39 is 75.8 Å². The van der Waals surface area contributed by atoms with E-state index in [1.165, 1.54) is 42.1 Å². The number of hydrogen-bond acceptors (Lipinski definition) is 15. The predicted octanol–water partition coefficient (Wildman–Crippen LogP) is 6.15. The van der Waals surface area contributed by atoms with Crippen LogP contribution in [-0.2, 0) is 49.5 Å². The molecule has 65 heavy (non-hydrogen) atoms. The summed E-state index contributed by atoms with van der Waals surface area (Å²) in [6, 6.07) is 9.61. The number of esters is 3. The Morgan fingerprint density at radius 1 is 1.02 bits per heavy atom. The van der Waals surface area contributed by atoms with Crippen LogP contribution in [0.5, 0.6) is 28.7 Å². The van der Waals surface area contributed by atoms with Crippen LogP contribution in [0.25, 0.3) is 10.9 Å². The Labute approximate surface area is 378 Å². The van der Waals surface area contributed by atoms with E-state index in [0.29, 0.717) is 24.3 Å². The summed E-state index contributed by atoms with van der Waals surface area (Å²) in [6.07, 6.45) is 8.51. The van der Waals surface area contributed by atoms with Crippen LogP contribution in [0.3, 0.4) is 0 Å². The van der Waals surface area contributed by atoms with E-state index in [2.05, 4.69) is 68.9 Å². The lowest BCUT2D eigenvalue weighted by Gasteiger charge is -2.53. The average Bonchev–Trinajstić information content (AvgIpc) is 3.49. The van der Waals surface area contributed by atoms with Crippen molar-refractivity contribution in [2.45, 2.75) is 44.9 Å². The fraction of sp³-hybridized carbons (Fsp3) is 0.283. The maximum atomic E-state index is 12.9. The van der Waals surface area contributed by atoms with Gasteiger partial charge in [-0.15, -0.1) is 0 Å². The highest BCUT2D eigenvalue weighted by Gasteiger charge is 2.52. The number of aldehydes is 1. The highest BCUT2D eigenvalue weighted by atomic mass is 79.9. The molecule has 2 aromatic heterocycles. The number of aromatic nitrogens is 2. The van der Waals surface area contributed by atoms with E-state index in [9.17, 15) is 44.1 Å². The molecule has 3 aliphatic rings. The topological polar surface area (TPSA) is 251 Å². The summed E-state index contributed by atoms with van der Waals surface area (Å²) < 4.78 is 30.9. The second-order valence-electron chi connectivity index (χ2n) is 15.8. The number of halogens is 1. The van der Waals surface area contributed by atoms with Crippen LogP contribution in [-0.4, -0.2) is 104 Å². The summed E-state index contributed by atoms with van der Waals surface area (Å²) in [5, 5.41) is 40.2. The minimum absolute atomic E-state index is 0.169. The van der Waals surface area contributed by atoms with E-state index in [4.69, 9.17) is 28.8 Å². The van der Waals surface area contributed by atoms with Gasteiger partial charge in [-0.2, -0.15) is 0 Å². The average molecular weight is 957 g/mol. The molecule has 4 heterocycles. The van der Waals surface area contributed by atoms with Crippen LogP contribution in [0.2, 0.25) is 0 Å². The molecule has 1 fully saturated rings. The zero-order chi connectivity index (χ0) is 47.1. The molecule has 3 unspecified atom stereocenters. The summed E-state index contributed by atoms with van der Waals surface area (Å²) in [4.78, 5) is 77.6. The quantitative estimate of drug-likeness (QED) is 0.0531. The zero-order valence-electron chi connectivity index (χ0n) is 35.5. The molecule has 1 saturated heterocycles. The molecular formula is C46H42BrN3O15. The van der Waals surface area contributed by atoms with E-state index in [-0.39, 0.29) is 46.7 Å². The van der Waals surface area contributed by atoms with Crippen LogP contribution in [0, 0.1) is 19.8 Å². The van der Waals surface area contributed by atoms with E-state index in [1.807, 2.05) is 7.11 Å². The molecule has 5 aromatic rings. The number of aromatic carboxylic acids is 1. The van der Waals surface area contributed by atoms with Crippen molar-refractivity contribution < 1.29 is 72.9 Å². The molecule has 0 saturated carbocycles. The van der Waals surface area contributed by atoms with Crippen molar-refractivity contribution in [3.05, 3.63) is 116 Å². The number of piperidine rings is 1. The van der Waals surface area contributed by atoms with Crippen molar-refractivity contribution in [2.75, 3.05) is 27.3 Å². The number of rotatable bonds is 10. The lowest BCUT2D eigenvalue weighted by molar-refractivity contribution is -0.139. The SMILES string of the molecule is COC12CC(COC(=O)c3cncc(Br)c3)CN(C)C1Cc1cn(C)c3cccc2c13.Cc1cc(O)c(C=O)c2c1C(=O)Oc1c(COC(=O)C=CC(=O)O)c(O)c(C(=O)O)c(C)c1O2. The highest BCUT2D eigenvalue weighted by molar-refractivity contribution is 9.10. The number of fused-ring (bicyclic) bond motifs is 4. The van der Waals surface area contributed by atoms with Crippen molar-refractivity contribution in [1.82, 2.24) is 14.5 Å². The van der Waals surface area contributed by atoms with Crippen LogP contribution < -0.4 is 9.47 Å². The lowest BCUT2D eigenvalue weighted by atomic mass is 9.69. The van der Waals surface area contributed by atoms with Crippen LogP contribution in [0.1, 0.15) is 75.7 Å². The zero-order valence-corrected chi connectivity index (χ0v) is 37.1. The lowest BCUT2D eigenvalue weighted by Crippen LogP contribution is -2.59. The number of phenolic OH excluding ortho intramolecular Hbond substituents is 1. The summed E-state index contributed by atoms with van der Waals surface area (Å²) in [6.45, 7) is 3.04. The van der Waals surface area contributed by atoms with Crippen molar-refractivity contribution in [3.8, 4) is 28.7 Å². The van der Waals surface area contributed by atoms with Gasteiger partial charge in [0.1, 0.15) is 34.8 Å². The number of aryl methyl sites for hydroxylation is 2. The van der Waals surface area contributed by atoms with Crippen LogP contribution >= 0.6 is 15.9 Å². The smallest absolute Gasteiger partial charge is 0.347 e. The molecule has 19 heteroatoms. The molecule has 18 nitrogen and oxygen atoms in total. The third-order valence-electron chi connectivity index (χ3n) is 11.8. The maximum absolute atomic E-state index is 12.9. The number of aromatic hydroxyl groups is 2. The Morgan fingerprint density at radius 3 is 2.45 bits per heavy atom. The maximum Gasteiger partial charge on any atom is 0.347 e. The Hall–Kier alpha value is -7.09. The number of phenols is 2. The Balaban J connectivity index is 0.000000194. The normalized spacial score (nSPS) is 18.5. The molecule has 2 aliphatic heterocycles. The molecule has 4 N–H and O–H groups in total. The van der Waals surface area contributed by atoms with Gasteiger partial charge in [-0.1, -0.05) is 12.1 Å². The van der Waals surface area contributed by atoms with E-state index >= 15 is 0 Å². The second kappa shape index (κ2) is 18.2. The van der Waals surface area contributed by atoms with Gasteiger partial charge in [0, 0.05) is 84.3 Å². The number of hydrogen-bond donors (Lipinski definition) is 4. The van der Waals surface area contributed by atoms with Gasteiger partial charge in [-0.25, -0.2) is 24.0 Å². The first-order valence-corrected chi connectivity index (χ1v) is 20.7. The minimum atomic E-state index is -1.60. The first-order valence-electron chi connectivity index (χ1n) is 19.9. The molecule has 8 rings (SSSR count). The van der Waals surface area contributed by atoms with Crippen molar-refractivity contribution in [3.63, 3.8) is 0 Å². The van der Waals surface area contributed by atoms with Gasteiger partial charge < -0.3 is 48.7 Å². The predicted molar refractivity (Wildman–Crippen MR) is 232 cm³/mol. The molecule has 3 atom stereocenters. The minimum Gasteiger partial charge on any atom is -0.507 e. The number of pyridine rings is 1. The monoisotopic (exact) mass is 955 g/mol. The summed E-state index contributed by atoms with van der Waals surface area (Å²) in [5.41, 5.74) is 2.09. The molecule has 0 spiro atoms. The van der Waals surface area contributed by atoms with Gasteiger partial charge in [0.2, 0.25) is 0 Å². The van der Waals surface area contributed by atoms with Gasteiger partial charge in [0.15, 0.2) is 23.5 Å². The van der Waals surface area contributed by atoms with Crippen molar-refractivity contribution in [2.24, 2.45) is 13.0 Å². The summed E-state index contributed by atoms with van der Waals surface area (Å²) in [7, 11) is 6.07. The van der Waals surface area contributed by atoms with Gasteiger partial charge in [-0.05, 0) is 84.6 Å². The molecule has 338 valence electrons. The molecule has 0 radical (unpaired) electrons. The first-order chi connectivity index (χ1) is 30.9. The highest BCUT2D eigenvalue weighted by Crippen LogP contribution is 2.51. The number of nitrogens with zero attached hydrogens (tertiary/aromatic N) is 3. The van der Waals surface area contributed by atoms with Crippen LogP contribution in [0.15, 0.2) is 65.5 Å². The van der Waals surface area contributed by atoms with Gasteiger partial charge >= 0.3 is 29.8 Å². The number of ether oxygens (including phenoxy) is 5. The molecule has 0 bridgehead atoms. The molecular weight excluding hydrogens is 914 g/mol. The summed E-state index contributed by atoms with van der Waals surface area (Å²) in [5.74, 6) is -8.08. The largest absolute Gasteiger partial charge is 0.507 e. The number of benzene rings is 3. The number of carboxylic acid groups (broad SMARTS) is 2. The number of carbonyl (C=O) groups excluding carboxylic acids is 4. The molecule has 3 aromatic carbocycles. The number of methoxy groups -OCH3 is 1. The van der Waals surface area contributed by atoms with Gasteiger partial charge in [0.25, 0.3) is 0 Å². The fourth-order valence-corrected chi connectivity index (χ4v) is 9.31. The number of likely N-dealkylation sites (N-methyl/N-ethyl adjacent to an activating group) is 1. The van der Waals surface area contributed by atoms with Crippen LogP contribution in [0.4, 0.5) is 0 Å². The Morgan fingerprint density at radius 2 is 1.77 bits per heavy atom. The summed E-state index contributed by atoms with van der Waals surface area (Å²) >= 11 is 3.35. The third-order valence-corrected chi connectivity index (χ3v) is 12.2. The standard InChI is InChI=1S/C24H26BrN3O3.C22H16O12/c1-27-13-17-8-21-24(30-3,19-5-4-6-20(27)22(17)19)9-15(12-28(21)2)14-31-23(29)16-7-18(25)11-26-10-16;1-8-5-12(24)10(6-23)19-15(8)22(31)34-20-11(7-32-14(27)4-3-13(25)26)17(28)16(21(29)30)9(2)18(20)33-19/h4-7,10-11,13,15,21H,8-9,12,14H2,1-3H3;3-6,24,28H,7H2,1-2H3,(H,25,26)(H,29,30). The fourth-order valence-electron chi connectivity index (χ4n) is 8.95. The van der Waals surface area contributed by atoms with Gasteiger partial charge in [0.05, 0.1) is 23.3 Å². The number of likely N-dealkylation sites (tertiary alicyclic amines) is 1. The van der Waals surface area contributed by atoms with E-state index in [0.717, 1.165) is 29.9 Å². The first kappa shape index (κ1) is 45.9. The van der Waals surface area contributed by atoms with E-state index in [1.54, 1.807) is 12.3 Å². The second-order valence-corrected chi connectivity index (χ2v) is 16.7.